The van der Waals surface area contributed by atoms with E-state index in [-0.39, 0.29) is 56.6 Å². The van der Waals surface area contributed by atoms with Crippen molar-refractivity contribution in [3.8, 4) is 0 Å². The Kier molecular flexibility index (Phi) is 18.3. The molecule has 0 saturated heterocycles. The molecule has 0 spiro atoms. The molecule has 196 valence electrons. The van der Waals surface area contributed by atoms with Crippen LogP contribution in [0.3, 0.4) is 0 Å². The van der Waals surface area contributed by atoms with Gasteiger partial charge in [-0.05, 0) is 42.2 Å². The van der Waals surface area contributed by atoms with Gasteiger partial charge in [0.05, 0.1) is 0 Å². The molecule has 2 aromatic rings. The largest absolute Gasteiger partial charge is 2.00 e. The third kappa shape index (κ3) is 12.5. The van der Waals surface area contributed by atoms with Crippen molar-refractivity contribution >= 4 is 69.8 Å². The van der Waals surface area contributed by atoms with Crippen molar-refractivity contribution in [2.24, 2.45) is 0 Å². The molecular formula is C30H50BaO3S. The van der Waals surface area contributed by atoms with Gasteiger partial charge in [-0.25, -0.2) is 0 Å². The molecule has 0 fully saturated rings. The van der Waals surface area contributed by atoms with Gasteiger partial charge >= 0.3 is 48.9 Å². The van der Waals surface area contributed by atoms with Gasteiger partial charge in [0.15, 0.2) is 0 Å². The van der Waals surface area contributed by atoms with E-state index in [0.717, 1.165) is 48.6 Å². The van der Waals surface area contributed by atoms with E-state index < -0.39 is 10.1 Å². The van der Waals surface area contributed by atoms with Crippen molar-refractivity contribution < 1.29 is 15.8 Å². The fraction of sp³-hybridized carbons (Fsp3) is 0.667. The van der Waals surface area contributed by atoms with Crippen molar-refractivity contribution in [2.45, 2.75) is 134 Å². The molecule has 0 radical (unpaired) electrons. The Bertz CT molecular complexity index is 951. The smallest absolute Gasteiger partial charge is 1.00 e. The van der Waals surface area contributed by atoms with E-state index in [1.54, 1.807) is 0 Å². The number of aryl methyl sites for hydroxylation is 1. The second-order valence-electron chi connectivity index (χ2n) is 9.99. The van der Waals surface area contributed by atoms with Crippen LogP contribution in [0.2, 0.25) is 0 Å². The van der Waals surface area contributed by atoms with Crippen molar-refractivity contribution in [1.82, 2.24) is 0 Å². The summed E-state index contributed by atoms with van der Waals surface area (Å²) in [6, 6.07) is 9.76. The first-order chi connectivity index (χ1) is 16.5. The second-order valence-corrected chi connectivity index (χ2v) is 11.3. The maximum atomic E-state index is 12.5. The Morgan fingerprint density at radius 3 is 1.66 bits per heavy atom. The number of hydrogen-bond donors (Lipinski definition) is 1. The van der Waals surface area contributed by atoms with E-state index in [9.17, 15) is 13.0 Å². The van der Waals surface area contributed by atoms with Crippen LogP contribution in [0.15, 0.2) is 35.2 Å². The van der Waals surface area contributed by atoms with Crippen molar-refractivity contribution in [3.05, 3.63) is 41.5 Å². The van der Waals surface area contributed by atoms with E-state index >= 15 is 0 Å². The monoisotopic (exact) mass is 628 g/mol. The zero-order valence-electron chi connectivity index (χ0n) is 24.5. The van der Waals surface area contributed by atoms with Crippen LogP contribution in [0.25, 0.3) is 10.8 Å². The maximum Gasteiger partial charge on any atom is 2.00 e. The summed E-state index contributed by atoms with van der Waals surface area (Å²) in [5.74, 6) is 0. The van der Waals surface area contributed by atoms with Gasteiger partial charge in [0.1, 0.15) is 4.90 Å². The summed E-state index contributed by atoms with van der Waals surface area (Å²) in [5, 5.41) is 1.56. The molecule has 3 nitrogen and oxygen atoms in total. The number of rotatable bonds is 19. The molecule has 0 aliphatic heterocycles. The van der Waals surface area contributed by atoms with Gasteiger partial charge in [-0.15, -0.1) is 0 Å². The average molecular weight is 628 g/mol. The van der Waals surface area contributed by atoms with Gasteiger partial charge in [-0.2, -0.15) is 8.42 Å². The van der Waals surface area contributed by atoms with Crippen LogP contribution in [0.1, 0.15) is 131 Å². The molecular weight excluding hydrogens is 578 g/mol. The normalized spacial score (nSPS) is 11.6. The molecule has 35 heavy (non-hydrogen) atoms. The predicted molar refractivity (Wildman–Crippen MR) is 154 cm³/mol. The number of fused-ring (bicyclic) bond motifs is 1. The van der Waals surface area contributed by atoms with Gasteiger partial charge in [-0.1, -0.05) is 134 Å². The molecule has 0 amide bonds. The van der Waals surface area contributed by atoms with Crippen molar-refractivity contribution in [2.75, 3.05) is 0 Å². The minimum absolute atomic E-state index is 0. The van der Waals surface area contributed by atoms with Gasteiger partial charge in [-0.3, -0.25) is 4.55 Å². The SMILES string of the molecule is CCCCCCCCCCc1cc2ccccc2c(S(=O)(=O)O)c1CCCCCCCCCC.[Ba+2].[H-].[H-]. The number of hydrogen-bond acceptors (Lipinski definition) is 2. The third-order valence-corrected chi connectivity index (χ3v) is 8.02. The molecule has 2 aromatic carbocycles. The fourth-order valence-electron chi connectivity index (χ4n) is 5.09. The Labute approximate surface area is 259 Å². The summed E-state index contributed by atoms with van der Waals surface area (Å²) >= 11 is 0. The fourth-order valence-corrected chi connectivity index (χ4v) is 6.10. The quantitative estimate of drug-likeness (QED) is 0.0959. The van der Waals surface area contributed by atoms with Gasteiger partial charge in [0.25, 0.3) is 10.1 Å². The van der Waals surface area contributed by atoms with Crippen molar-refractivity contribution in [1.29, 1.82) is 0 Å². The van der Waals surface area contributed by atoms with Crippen LogP contribution < -0.4 is 0 Å². The zero-order chi connectivity index (χ0) is 24.7. The van der Waals surface area contributed by atoms with Crippen LogP contribution in [-0.2, 0) is 23.0 Å². The Morgan fingerprint density at radius 1 is 0.686 bits per heavy atom. The maximum absolute atomic E-state index is 12.5. The molecule has 0 aliphatic carbocycles. The van der Waals surface area contributed by atoms with E-state index in [1.165, 1.54) is 83.5 Å². The summed E-state index contributed by atoms with van der Waals surface area (Å²) in [6.45, 7) is 4.48. The Balaban J connectivity index is 0. The molecule has 0 bridgehead atoms. The summed E-state index contributed by atoms with van der Waals surface area (Å²) in [7, 11) is -4.29. The van der Waals surface area contributed by atoms with Crippen LogP contribution in [-0.4, -0.2) is 61.9 Å². The van der Waals surface area contributed by atoms with Gasteiger partial charge < -0.3 is 2.85 Å². The first-order valence-electron chi connectivity index (χ1n) is 14.0. The van der Waals surface area contributed by atoms with Gasteiger partial charge in [0, 0.05) is 5.39 Å². The Morgan fingerprint density at radius 2 is 1.14 bits per heavy atom. The van der Waals surface area contributed by atoms with Crippen LogP contribution in [0.5, 0.6) is 0 Å². The molecule has 0 aromatic heterocycles. The number of unbranched alkanes of at least 4 members (excludes halogenated alkanes) is 14. The zero-order valence-corrected chi connectivity index (χ0v) is 27.8. The van der Waals surface area contributed by atoms with E-state index in [2.05, 4.69) is 19.9 Å². The molecule has 0 saturated carbocycles. The minimum Gasteiger partial charge on any atom is -1.00 e. The minimum atomic E-state index is -4.29. The molecule has 0 atom stereocenters. The van der Waals surface area contributed by atoms with Crippen molar-refractivity contribution in [3.63, 3.8) is 0 Å². The standard InChI is InChI=1S/C30H48O3S.Ba.2H/c1-3-5-7-9-11-13-15-17-21-26-25-27-22-19-20-24-29(27)30(34(31,32)33)28(26)23-18-16-14-12-10-8-6-4-2;;;/h19-20,22,24-25H,3-18,21,23H2,1-2H3,(H,31,32,33);;;/q;+2;2*-1. The van der Waals surface area contributed by atoms with E-state index in [4.69, 9.17) is 0 Å². The third-order valence-electron chi connectivity index (χ3n) is 7.03. The predicted octanol–water partition coefficient (Wildman–Crippen LogP) is 9.30. The second kappa shape index (κ2) is 19.3. The molecule has 2 rings (SSSR count). The molecule has 0 aliphatic rings. The van der Waals surface area contributed by atoms with Crippen LogP contribution >= 0.6 is 0 Å². The molecule has 0 heterocycles. The van der Waals surface area contributed by atoms with E-state index in [1.807, 2.05) is 24.3 Å². The number of benzene rings is 2. The molecule has 5 heteroatoms. The first-order valence-corrected chi connectivity index (χ1v) is 15.4. The van der Waals surface area contributed by atoms with Crippen LogP contribution in [0, 0.1) is 0 Å². The van der Waals surface area contributed by atoms with E-state index in [0.29, 0.717) is 5.39 Å². The average Bonchev–Trinajstić information content (AvgIpc) is 2.81. The molecule has 1 N–H and O–H groups in total. The summed E-state index contributed by atoms with van der Waals surface area (Å²) < 4.78 is 35.2. The summed E-state index contributed by atoms with van der Waals surface area (Å²) in [5.41, 5.74) is 1.97. The summed E-state index contributed by atoms with van der Waals surface area (Å²) in [4.78, 5) is 0.156. The van der Waals surface area contributed by atoms with Gasteiger partial charge in [0.2, 0.25) is 0 Å². The summed E-state index contributed by atoms with van der Waals surface area (Å²) in [6.07, 6.45) is 21.4. The first kappa shape index (κ1) is 33.2. The topological polar surface area (TPSA) is 54.4 Å². The van der Waals surface area contributed by atoms with Crippen LogP contribution in [0.4, 0.5) is 0 Å². The molecule has 0 unspecified atom stereocenters. The Hall–Kier alpha value is 0.181.